The minimum atomic E-state index is -3.60. The Bertz CT molecular complexity index is 480. The molecule has 6 nitrogen and oxygen atoms in total. The molecule has 1 fully saturated rings. The number of nitrogens with one attached hydrogen (secondary N) is 1. The first kappa shape index (κ1) is 13.4. The number of pyridine rings is 1. The van der Waals surface area contributed by atoms with Crippen LogP contribution in [0.1, 0.15) is 18.4 Å². The van der Waals surface area contributed by atoms with Crippen LogP contribution >= 0.6 is 0 Å². The van der Waals surface area contributed by atoms with E-state index in [1.807, 2.05) is 0 Å². The quantitative estimate of drug-likeness (QED) is 0.789. The summed E-state index contributed by atoms with van der Waals surface area (Å²) in [5, 5.41) is 8.81. The third-order valence-electron chi connectivity index (χ3n) is 2.78. The predicted molar refractivity (Wildman–Crippen MR) is 64.3 cm³/mol. The highest BCUT2D eigenvalue weighted by Gasteiger charge is 2.20. The highest BCUT2D eigenvalue weighted by Crippen LogP contribution is 2.12. The van der Waals surface area contributed by atoms with E-state index in [-0.39, 0.29) is 24.3 Å². The van der Waals surface area contributed by atoms with Crippen molar-refractivity contribution in [3.63, 3.8) is 0 Å². The molecule has 1 aromatic rings. The van der Waals surface area contributed by atoms with Crippen LogP contribution in [-0.2, 0) is 21.4 Å². The zero-order valence-electron chi connectivity index (χ0n) is 9.87. The van der Waals surface area contributed by atoms with E-state index < -0.39 is 10.0 Å². The Labute approximate surface area is 106 Å². The van der Waals surface area contributed by atoms with Crippen molar-refractivity contribution >= 4 is 10.0 Å². The molecule has 0 aromatic carbocycles. The Morgan fingerprint density at radius 2 is 2.33 bits per heavy atom. The van der Waals surface area contributed by atoms with Gasteiger partial charge in [0.15, 0.2) is 5.03 Å². The van der Waals surface area contributed by atoms with Crippen molar-refractivity contribution < 1.29 is 18.3 Å². The molecule has 0 amide bonds. The molecule has 0 bridgehead atoms. The number of aliphatic hydroxyl groups is 1. The lowest BCUT2D eigenvalue weighted by molar-refractivity contribution is 0.114. The maximum Gasteiger partial charge on any atom is 0.258 e. The smallest absolute Gasteiger partial charge is 0.258 e. The fourth-order valence-electron chi connectivity index (χ4n) is 1.75. The Kier molecular flexibility index (Phi) is 4.28. The number of aromatic nitrogens is 1. The summed E-state index contributed by atoms with van der Waals surface area (Å²) in [4.78, 5) is 3.82. The van der Waals surface area contributed by atoms with Crippen LogP contribution in [0.4, 0.5) is 0 Å². The first-order chi connectivity index (χ1) is 8.62. The van der Waals surface area contributed by atoms with E-state index in [0.717, 1.165) is 12.8 Å². The summed E-state index contributed by atoms with van der Waals surface area (Å²) in [6.07, 6.45) is 3.15. The van der Waals surface area contributed by atoms with Gasteiger partial charge in [-0.3, -0.25) is 0 Å². The van der Waals surface area contributed by atoms with Crippen LogP contribution in [0.5, 0.6) is 0 Å². The van der Waals surface area contributed by atoms with Gasteiger partial charge in [0.05, 0.1) is 12.7 Å². The second kappa shape index (κ2) is 5.75. The van der Waals surface area contributed by atoms with Gasteiger partial charge in [-0.2, -0.15) is 0 Å². The molecule has 1 atom stereocenters. The molecule has 0 saturated carbocycles. The lowest BCUT2D eigenvalue weighted by atomic mass is 10.2. The Morgan fingerprint density at radius 3 is 2.89 bits per heavy atom. The minimum absolute atomic E-state index is 0.0438. The van der Waals surface area contributed by atoms with Gasteiger partial charge in [0.1, 0.15) is 0 Å². The zero-order valence-corrected chi connectivity index (χ0v) is 10.7. The molecule has 18 heavy (non-hydrogen) atoms. The summed E-state index contributed by atoms with van der Waals surface area (Å²) in [6, 6.07) is 2.91. The third-order valence-corrected chi connectivity index (χ3v) is 4.12. The van der Waals surface area contributed by atoms with Gasteiger partial charge < -0.3 is 9.84 Å². The molecule has 1 aliphatic rings. The van der Waals surface area contributed by atoms with Crippen molar-refractivity contribution in [2.24, 2.45) is 0 Å². The van der Waals surface area contributed by atoms with Gasteiger partial charge in [0.25, 0.3) is 10.0 Å². The maximum absolute atomic E-state index is 11.9. The molecule has 0 spiro atoms. The maximum atomic E-state index is 11.9. The standard InChI is InChI=1S/C11H16N2O4S/c14-8-9-3-4-11(12-6-9)18(15,16)13-7-10-2-1-5-17-10/h3-4,6,10,13-14H,1-2,5,7-8H2. The molecule has 2 heterocycles. The average Bonchev–Trinajstić information content (AvgIpc) is 2.90. The number of hydrogen-bond donors (Lipinski definition) is 2. The molecule has 0 aliphatic carbocycles. The predicted octanol–water partition coefficient (Wildman–Crippen LogP) is 0.0312. The van der Waals surface area contributed by atoms with E-state index in [0.29, 0.717) is 12.2 Å². The summed E-state index contributed by atoms with van der Waals surface area (Å²) in [5.41, 5.74) is 0.577. The average molecular weight is 272 g/mol. The normalized spacial score (nSPS) is 20.2. The van der Waals surface area contributed by atoms with Crippen molar-refractivity contribution in [1.82, 2.24) is 9.71 Å². The topological polar surface area (TPSA) is 88.5 Å². The molecule has 1 aromatic heterocycles. The Balaban J connectivity index is 2.00. The Morgan fingerprint density at radius 1 is 1.50 bits per heavy atom. The van der Waals surface area contributed by atoms with Gasteiger partial charge in [0.2, 0.25) is 0 Å². The summed E-state index contributed by atoms with van der Waals surface area (Å²) >= 11 is 0. The summed E-state index contributed by atoms with van der Waals surface area (Å²) in [5.74, 6) is 0. The van der Waals surface area contributed by atoms with Crippen LogP contribution in [0.15, 0.2) is 23.4 Å². The number of aliphatic hydroxyl groups excluding tert-OH is 1. The van der Waals surface area contributed by atoms with Crippen LogP contribution in [0, 0.1) is 0 Å². The number of hydrogen-bond acceptors (Lipinski definition) is 5. The highest BCUT2D eigenvalue weighted by atomic mass is 32.2. The van der Waals surface area contributed by atoms with Gasteiger partial charge in [-0.05, 0) is 24.5 Å². The van der Waals surface area contributed by atoms with E-state index in [9.17, 15) is 8.42 Å². The molecule has 0 radical (unpaired) electrons. The fourth-order valence-corrected chi connectivity index (χ4v) is 2.74. The molecule has 2 N–H and O–H groups in total. The number of sulfonamides is 1. The zero-order chi connectivity index (χ0) is 13.0. The molecule has 2 rings (SSSR count). The molecule has 1 unspecified atom stereocenters. The first-order valence-corrected chi connectivity index (χ1v) is 7.27. The second-order valence-electron chi connectivity index (χ2n) is 4.15. The van der Waals surface area contributed by atoms with Crippen molar-refractivity contribution in [3.05, 3.63) is 23.9 Å². The van der Waals surface area contributed by atoms with Crippen molar-refractivity contribution in [2.75, 3.05) is 13.2 Å². The van der Waals surface area contributed by atoms with Gasteiger partial charge in [-0.1, -0.05) is 6.07 Å². The Hall–Kier alpha value is -1.02. The SMILES string of the molecule is O=S(=O)(NCC1CCCO1)c1ccc(CO)cn1. The van der Waals surface area contributed by atoms with Gasteiger partial charge in [-0.25, -0.2) is 18.1 Å². The first-order valence-electron chi connectivity index (χ1n) is 5.79. The summed E-state index contributed by atoms with van der Waals surface area (Å²) < 4.78 is 31.6. The lowest BCUT2D eigenvalue weighted by Gasteiger charge is -2.10. The van der Waals surface area contributed by atoms with E-state index in [1.165, 1.54) is 18.3 Å². The van der Waals surface area contributed by atoms with Crippen LogP contribution < -0.4 is 4.72 Å². The van der Waals surface area contributed by atoms with E-state index in [2.05, 4.69) is 9.71 Å². The monoisotopic (exact) mass is 272 g/mol. The van der Waals surface area contributed by atoms with E-state index in [1.54, 1.807) is 0 Å². The van der Waals surface area contributed by atoms with Crippen LogP contribution in [0.2, 0.25) is 0 Å². The van der Waals surface area contributed by atoms with Crippen LogP contribution in [0.3, 0.4) is 0 Å². The number of ether oxygens (including phenoxy) is 1. The lowest BCUT2D eigenvalue weighted by Crippen LogP contribution is -2.32. The third kappa shape index (κ3) is 3.26. The van der Waals surface area contributed by atoms with Crippen LogP contribution in [0.25, 0.3) is 0 Å². The molecular weight excluding hydrogens is 256 g/mol. The number of rotatable bonds is 5. The molecule has 1 saturated heterocycles. The van der Waals surface area contributed by atoms with Gasteiger partial charge in [-0.15, -0.1) is 0 Å². The largest absolute Gasteiger partial charge is 0.392 e. The van der Waals surface area contributed by atoms with Crippen molar-refractivity contribution in [3.8, 4) is 0 Å². The summed E-state index contributed by atoms with van der Waals surface area (Å²) in [6.45, 7) is 0.804. The minimum Gasteiger partial charge on any atom is -0.392 e. The van der Waals surface area contributed by atoms with E-state index >= 15 is 0 Å². The fraction of sp³-hybridized carbons (Fsp3) is 0.545. The molecule has 100 valence electrons. The van der Waals surface area contributed by atoms with Gasteiger partial charge >= 0.3 is 0 Å². The molecule has 7 heteroatoms. The van der Waals surface area contributed by atoms with E-state index in [4.69, 9.17) is 9.84 Å². The van der Waals surface area contributed by atoms with Crippen molar-refractivity contribution in [2.45, 2.75) is 30.6 Å². The van der Waals surface area contributed by atoms with Crippen LogP contribution in [-0.4, -0.2) is 37.8 Å². The molecule has 1 aliphatic heterocycles. The number of nitrogens with zero attached hydrogens (tertiary/aromatic N) is 1. The second-order valence-corrected chi connectivity index (χ2v) is 5.86. The van der Waals surface area contributed by atoms with Crippen molar-refractivity contribution in [1.29, 1.82) is 0 Å². The molecular formula is C11H16N2O4S. The summed E-state index contributed by atoms with van der Waals surface area (Å²) in [7, 11) is -3.60. The van der Waals surface area contributed by atoms with Gasteiger partial charge in [0, 0.05) is 19.3 Å². The highest BCUT2D eigenvalue weighted by molar-refractivity contribution is 7.89.